The maximum atomic E-state index is 12.8. The quantitative estimate of drug-likeness (QED) is 0.907. The van der Waals surface area contributed by atoms with Gasteiger partial charge in [-0.3, -0.25) is 4.79 Å². The molecule has 1 amide bonds. The molecule has 4 heteroatoms. The molecular formula is C16H22N2OS. The van der Waals surface area contributed by atoms with Crippen molar-refractivity contribution in [3.63, 3.8) is 0 Å². The number of amides is 1. The molecule has 0 bridgehead atoms. The van der Waals surface area contributed by atoms with Crippen LogP contribution in [0.2, 0.25) is 0 Å². The SMILES string of the molecule is O=C(C1CCNCC1)N1CCSCC1c1ccccc1. The highest BCUT2D eigenvalue weighted by atomic mass is 32.2. The molecule has 2 aliphatic heterocycles. The van der Waals surface area contributed by atoms with Crippen LogP contribution >= 0.6 is 11.8 Å². The highest BCUT2D eigenvalue weighted by Crippen LogP contribution is 2.31. The van der Waals surface area contributed by atoms with Gasteiger partial charge < -0.3 is 10.2 Å². The first-order valence-corrected chi connectivity index (χ1v) is 8.65. The Morgan fingerprint density at radius 1 is 1.20 bits per heavy atom. The van der Waals surface area contributed by atoms with E-state index < -0.39 is 0 Å². The molecule has 0 saturated carbocycles. The van der Waals surface area contributed by atoms with Crippen LogP contribution in [0, 0.1) is 5.92 Å². The molecule has 3 rings (SSSR count). The zero-order chi connectivity index (χ0) is 13.8. The average Bonchev–Trinajstić information content (AvgIpc) is 2.56. The van der Waals surface area contributed by atoms with Crippen LogP contribution in [-0.4, -0.2) is 41.9 Å². The minimum atomic E-state index is 0.227. The Kier molecular flexibility index (Phi) is 4.63. The molecule has 0 aromatic heterocycles. The van der Waals surface area contributed by atoms with Crippen LogP contribution in [-0.2, 0) is 4.79 Å². The summed E-state index contributed by atoms with van der Waals surface area (Å²) in [5.41, 5.74) is 1.28. The lowest BCUT2D eigenvalue weighted by molar-refractivity contribution is -0.138. The molecule has 1 unspecified atom stereocenters. The minimum absolute atomic E-state index is 0.227. The van der Waals surface area contributed by atoms with E-state index in [2.05, 4.69) is 34.5 Å². The van der Waals surface area contributed by atoms with E-state index in [9.17, 15) is 4.79 Å². The van der Waals surface area contributed by atoms with E-state index >= 15 is 0 Å². The van der Waals surface area contributed by atoms with E-state index in [1.165, 1.54) is 5.56 Å². The Labute approximate surface area is 125 Å². The number of thioether (sulfide) groups is 1. The monoisotopic (exact) mass is 290 g/mol. The molecule has 0 radical (unpaired) electrons. The zero-order valence-corrected chi connectivity index (χ0v) is 12.6. The number of nitrogens with one attached hydrogen (secondary N) is 1. The Balaban J connectivity index is 1.76. The summed E-state index contributed by atoms with van der Waals surface area (Å²) in [6.45, 7) is 2.86. The van der Waals surface area contributed by atoms with Gasteiger partial charge in [-0.1, -0.05) is 30.3 Å². The summed E-state index contributed by atoms with van der Waals surface area (Å²) in [6, 6.07) is 10.7. The molecule has 20 heavy (non-hydrogen) atoms. The van der Waals surface area contributed by atoms with Crippen LogP contribution in [0.3, 0.4) is 0 Å². The lowest BCUT2D eigenvalue weighted by atomic mass is 9.95. The van der Waals surface area contributed by atoms with Crippen molar-refractivity contribution in [1.29, 1.82) is 0 Å². The van der Waals surface area contributed by atoms with Gasteiger partial charge in [0.25, 0.3) is 0 Å². The van der Waals surface area contributed by atoms with Crippen LogP contribution in [0.1, 0.15) is 24.4 Å². The molecule has 2 heterocycles. The number of hydrogen-bond acceptors (Lipinski definition) is 3. The fraction of sp³-hybridized carbons (Fsp3) is 0.562. The lowest BCUT2D eigenvalue weighted by Gasteiger charge is -2.38. The molecule has 1 N–H and O–H groups in total. The largest absolute Gasteiger partial charge is 0.334 e. The number of piperidine rings is 1. The van der Waals surface area contributed by atoms with Crippen LogP contribution in [0.15, 0.2) is 30.3 Å². The maximum absolute atomic E-state index is 12.8. The van der Waals surface area contributed by atoms with Crippen molar-refractivity contribution in [3.8, 4) is 0 Å². The summed E-state index contributed by atoms with van der Waals surface area (Å²) in [5.74, 6) is 2.70. The van der Waals surface area contributed by atoms with E-state index in [0.29, 0.717) is 5.91 Å². The molecule has 108 valence electrons. The Hall–Kier alpha value is -1.00. The van der Waals surface area contributed by atoms with Gasteiger partial charge in [0.2, 0.25) is 5.91 Å². The van der Waals surface area contributed by atoms with E-state index in [0.717, 1.165) is 44.0 Å². The first-order chi connectivity index (χ1) is 9.86. The molecule has 2 aliphatic rings. The van der Waals surface area contributed by atoms with Gasteiger partial charge in [-0.15, -0.1) is 0 Å². The third-order valence-electron chi connectivity index (χ3n) is 4.28. The Bertz CT molecular complexity index is 445. The fourth-order valence-electron chi connectivity index (χ4n) is 3.12. The van der Waals surface area contributed by atoms with Crippen molar-refractivity contribution >= 4 is 17.7 Å². The fourth-order valence-corrected chi connectivity index (χ4v) is 4.21. The van der Waals surface area contributed by atoms with Gasteiger partial charge in [0.05, 0.1) is 6.04 Å². The van der Waals surface area contributed by atoms with Crippen molar-refractivity contribution in [1.82, 2.24) is 10.2 Å². The Morgan fingerprint density at radius 2 is 1.95 bits per heavy atom. The molecule has 1 atom stereocenters. The number of benzene rings is 1. The smallest absolute Gasteiger partial charge is 0.226 e. The van der Waals surface area contributed by atoms with Gasteiger partial charge in [-0.05, 0) is 31.5 Å². The summed E-state index contributed by atoms with van der Waals surface area (Å²) in [6.07, 6.45) is 1.98. The number of hydrogen-bond donors (Lipinski definition) is 1. The van der Waals surface area contributed by atoms with Crippen molar-refractivity contribution in [3.05, 3.63) is 35.9 Å². The van der Waals surface area contributed by atoms with Crippen LogP contribution < -0.4 is 5.32 Å². The van der Waals surface area contributed by atoms with Crippen molar-refractivity contribution in [2.24, 2.45) is 5.92 Å². The van der Waals surface area contributed by atoms with Crippen molar-refractivity contribution in [2.45, 2.75) is 18.9 Å². The van der Waals surface area contributed by atoms with Gasteiger partial charge in [0.1, 0.15) is 0 Å². The second-order valence-corrected chi connectivity index (χ2v) is 6.71. The van der Waals surface area contributed by atoms with Crippen LogP contribution in [0.4, 0.5) is 0 Å². The Morgan fingerprint density at radius 3 is 2.70 bits per heavy atom. The molecule has 2 saturated heterocycles. The van der Waals surface area contributed by atoms with Gasteiger partial charge in [-0.25, -0.2) is 0 Å². The third-order valence-corrected chi connectivity index (χ3v) is 5.31. The summed E-state index contributed by atoms with van der Waals surface area (Å²) < 4.78 is 0. The summed E-state index contributed by atoms with van der Waals surface area (Å²) >= 11 is 1.96. The van der Waals surface area contributed by atoms with E-state index in [-0.39, 0.29) is 12.0 Å². The average molecular weight is 290 g/mol. The van der Waals surface area contributed by atoms with Gasteiger partial charge >= 0.3 is 0 Å². The predicted molar refractivity (Wildman–Crippen MR) is 83.8 cm³/mol. The van der Waals surface area contributed by atoms with Gasteiger partial charge in [0.15, 0.2) is 0 Å². The molecule has 2 fully saturated rings. The number of nitrogens with zero attached hydrogens (tertiary/aromatic N) is 1. The molecule has 0 aliphatic carbocycles. The molecule has 3 nitrogen and oxygen atoms in total. The van der Waals surface area contributed by atoms with Crippen molar-refractivity contribution < 1.29 is 4.79 Å². The van der Waals surface area contributed by atoms with E-state index in [4.69, 9.17) is 0 Å². The predicted octanol–water partition coefficient (Wildman–Crippen LogP) is 2.30. The second kappa shape index (κ2) is 6.64. The maximum Gasteiger partial charge on any atom is 0.226 e. The molecule has 1 aromatic carbocycles. The van der Waals surface area contributed by atoms with Crippen LogP contribution in [0.25, 0.3) is 0 Å². The standard InChI is InChI=1S/C16H22N2OS/c19-16(14-6-8-17-9-7-14)18-10-11-20-12-15(18)13-4-2-1-3-5-13/h1-5,14-15,17H,6-12H2. The molecular weight excluding hydrogens is 268 g/mol. The number of carbonyl (C=O) groups excluding carboxylic acids is 1. The lowest BCUT2D eigenvalue weighted by Crippen LogP contribution is -2.46. The highest BCUT2D eigenvalue weighted by molar-refractivity contribution is 7.99. The first kappa shape index (κ1) is 14.0. The summed E-state index contributed by atoms with van der Waals surface area (Å²) in [4.78, 5) is 15.0. The second-order valence-electron chi connectivity index (χ2n) is 5.56. The van der Waals surface area contributed by atoms with Crippen LogP contribution in [0.5, 0.6) is 0 Å². The molecule has 0 spiro atoms. The number of rotatable bonds is 2. The van der Waals surface area contributed by atoms with E-state index in [1.54, 1.807) is 0 Å². The zero-order valence-electron chi connectivity index (χ0n) is 11.8. The van der Waals surface area contributed by atoms with E-state index in [1.807, 2.05) is 17.8 Å². The first-order valence-electron chi connectivity index (χ1n) is 7.50. The molecule has 1 aromatic rings. The summed E-state index contributed by atoms with van der Waals surface area (Å²) in [5, 5.41) is 3.34. The normalized spacial score (nSPS) is 24.6. The number of carbonyl (C=O) groups is 1. The van der Waals surface area contributed by atoms with Gasteiger partial charge in [0, 0.05) is 24.0 Å². The van der Waals surface area contributed by atoms with Gasteiger partial charge in [-0.2, -0.15) is 11.8 Å². The van der Waals surface area contributed by atoms with Crippen molar-refractivity contribution in [2.75, 3.05) is 31.1 Å². The highest BCUT2D eigenvalue weighted by Gasteiger charge is 2.32. The summed E-state index contributed by atoms with van der Waals surface area (Å²) in [7, 11) is 0. The minimum Gasteiger partial charge on any atom is -0.334 e. The topological polar surface area (TPSA) is 32.3 Å². The third kappa shape index (κ3) is 3.01.